The maximum atomic E-state index is 13.1. The fourth-order valence-electron chi connectivity index (χ4n) is 4.35. The Balaban J connectivity index is 1.37. The highest BCUT2D eigenvalue weighted by molar-refractivity contribution is 7.11. The summed E-state index contributed by atoms with van der Waals surface area (Å²) in [4.78, 5) is 19.3. The minimum atomic E-state index is -0.258. The van der Waals surface area contributed by atoms with Crippen LogP contribution in [0.5, 0.6) is 0 Å². The first-order chi connectivity index (χ1) is 16.1. The normalized spacial score (nSPS) is 13.0. The average Bonchev–Trinajstić information content (AvgIpc) is 3.41. The van der Waals surface area contributed by atoms with Crippen molar-refractivity contribution in [2.75, 3.05) is 6.54 Å². The number of thiazole rings is 1. The Morgan fingerprint density at radius 3 is 2.79 bits per heavy atom. The highest BCUT2D eigenvalue weighted by atomic mass is 32.1. The van der Waals surface area contributed by atoms with Crippen LogP contribution in [0.1, 0.15) is 55.6 Å². The molecular formula is C26H25N5OS. The number of hydrogen-bond donors (Lipinski definition) is 1. The zero-order chi connectivity index (χ0) is 22.8. The number of aromatic nitrogens is 3. The Bertz CT molecular complexity index is 1340. The largest absolute Gasteiger partial charge is 0.350 e. The van der Waals surface area contributed by atoms with Crippen molar-refractivity contribution in [3.05, 3.63) is 80.4 Å². The third kappa shape index (κ3) is 4.39. The van der Waals surface area contributed by atoms with Crippen molar-refractivity contribution in [2.45, 2.75) is 45.6 Å². The molecule has 2 aromatic carbocycles. The minimum Gasteiger partial charge on any atom is -0.350 e. The summed E-state index contributed by atoms with van der Waals surface area (Å²) in [7, 11) is 0. The van der Waals surface area contributed by atoms with E-state index in [4.69, 9.17) is 4.98 Å². The number of amides is 1. The maximum absolute atomic E-state index is 13.1. The van der Waals surface area contributed by atoms with Gasteiger partial charge in [-0.05, 0) is 50.3 Å². The third-order valence-corrected chi connectivity index (χ3v) is 7.30. The molecule has 5 rings (SSSR count). The van der Waals surface area contributed by atoms with E-state index in [1.54, 1.807) is 17.4 Å². The maximum Gasteiger partial charge on any atom is 0.272 e. The van der Waals surface area contributed by atoms with Gasteiger partial charge >= 0.3 is 0 Å². The van der Waals surface area contributed by atoms with Gasteiger partial charge in [-0.3, -0.25) is 9.48 Å². The molecule has 0 bridgehead atoms. The molecule has 0 saturated carbocycles. The average molecular weight is 456 g/mol. The van der Waals surface area contributed by atoms with Gasteiger partial charge in [0.25, 0.3) is 5.91 Å². The molecule has 1 N–H and O–H groups in total. The SMILES string of the molecule is Cc1ccc(Cn2nc(C(=O)NCCc3nc4c(s3)CCCC4)c3c(C#N)cccc32)cc1. The van der Waals surface area contributed by atoms with Crippen molar-refractivity contribution in [1.82, 2.24) is 20.1 Å². The Labute approximate surface area is 196 Å². The molecule has 0 fully saturated rings. The van der Waals surface area contributed by atoms with Gasteiger partial charge in [0.15, 0.2) is 5.69 Å². The predicted molar refractivity (Wildman–Crippen MR) is 130 cm³/mol. The lowest BCUT2D eigenvalue weighted by Gasteiger charge is -2.06. The molecule has 2 heterocycles. The fraction of sp³-hybridized carbons (Fsp3) is 0.308. The number of benzene rings is 2. The van der Waals surface area contributed by atoms with E-state index < -0.39 is 0 Å². The van der Waals surface area contributed by atoms with E-state index in [9.17, 15) is 10.1 Å². The molecule has 1 amide bonds. The zero-order valence-corrected chi connectivity index (χ0v) is 19.4. The lowest BCUT2D eigenvalue weighted by atomic mass is 10.0. The molecule has 4 aromatic rings. The number of nitrogens with one attached hydrogen (secondary N) is 1. The van der Waals surface area contributed by atoms with E-state index in [0.717, 1.165) is 28.9 Å². The number of nitrogens with zero attached hydrogens (tertiary/aromatic N) is 4. The quantitative estimate of drug-likeness (QED) is 0.462. The summed E-state index contributed by atoms with van der Waals surface area (Å²) >= 11 is 1.77. The van der Waals surface area contributed by atoms with E-state index >= 15 is 0 Å². The molecule has 6 nitrogen and oxygen atoms in total. The first-order valence-electron chi connectivity index (χ1n) is 11.3. The number of nitriles is 1. The third-order valence-electron chi connectivity index (χ3n) is 6.08. The number of hydrogen-bond acceptors (Lipinski definition) is 5. The number of rotatable bonds is 6. The molecule has 33 heavy (non-hydrogen) atoms. The number of carbonyl (C=O) groups is 1. The summed E-state index contributed by atoms with van der Waals surface area (Å²) in [6.07, 6.45) is 5.36. The van der Waals surface area contributed by atoms with Crippen molar-refractivity contribution in [3.8, 4) is 6.07 Å². The molecular weight excluding hydrogens is 430 g/mol. The molecule has 0 radical (unpaired) electrons. The summed E-state index contributed by atoms with van der Waals surface area (Å²) < 4.78 is 1.81. The minimum absolute atomic E-state index is 0.258. The van der Waals surface area contributed by atoms with Crippen LogP contribution in [0.4, 0.5) is 0 Å². The lowest BCUT2D eigenvalue weighted by Crippen LogP contribution is -2.26. The van der Waals surface area contributed by atoms with Gasteiger partial charge in [-0.15, -0.1) is 11.3 Å². The summed E-state index contributed by atoms with van der Waals surface area (Å²) in [5.74, 6) is -0.258. The Morgan fingerprint density at radius 1 is 1.18 bits per heavy atom. The van der Waals surface area contributed by atoms with Gasteiger partial charge in [-0.2, -0.15) is 10.4 Å². The van der Waals surface area contributed by atoms with Crippen LogP contribution in [0, 0.1) is 18.3 Å². The van der Waals surface area contributed by atoms with E-state index in [0.29, 0.717) is 36.2 Å². The Hall–Kier alpha value is -3.50. The molecule has 7 heteroatoms. The van der Waals surface area contributed by atoms with Crippen LogP contribution in [-0.2, 0) is 25.8 Å². The molecule has 1 aliphatic carbocycles. The Kier molecular flexibility index (Phi) is 5.93. The standard InChI is InChI=1S/C26H25N5OS/c1-17-9-11-18(12-10-17)16-31-21-7-4-5-19(15-27)24(21)25(30-31)26(32)28-14-13-23-29-20-6-2-3-8-22(20)33-23/h4-5,7,9-12H,2-3,6,8,13-14,16H2,1H3,(H,28,32). The first kappa shape index (κ1) is 21.4. The van der Waals surface area contributed by atoms with E-state index in [2.05, 4.69) is 47.7 Å². The topological polar surface area (TPSA) is 83.6 Å². The molecule has 0 saturated heterocycles. The molecule has 1 aliphatic rings. The van der Waals surface area contributed by atoms with Crippen LogP contribution in [0.25, 0.3) is 10.9 Å². The second kappa shape index (κ2) is 9.16. The van der Waals surface area contributed by atoms with Gasteiger partial charge in [0, 0.05) is 17.8 Å². The number of fused-ring (bicyclic) bond motifs is 2. The summed E-state index contributed by atoms with van der Waals surface area (Å²) in [5.41, 5.74) is 5.07. The van der Waals surface area contributed by atoms with Gasteiger partial charge < -0.3 is 5.32 Å². The number of carbonyl (C=O) groups excluding carboxylic acids is 1. The summed E-state index contributed by atoms with van der Waals surface area (Å²) in [6.45, 7) is 3.07. The van der Waals surface area contributed by atoms with Gasteiger partial charge in [-0.1, -0.05) is 35.9 Å². The van der Waals surface area contributed by atoms with Crippen molar-refractivity contribution < 1.29 is 4.79 Å². The van der Waals surface area contributed by atoms with E-state index in [-0.39, 0.29) is 5.91 Å². The molecule has 0 atom stereocenters. The highest BCUT2D eigenvalue weighted by Crippen LogP contribution is 2.27. The predicted octanol–water partition coefficient (Wildman–Crippen LogP) is 4.57. The van der Waals surface area contributed by atoms with E-state index in [1.807, 2.05) is 16.8 Å². The fourth-order valence-corrected chi connectivity index (χ4v) is 5.50. The zero-order valence-electron chi connectivity index (χ0n) is 18.6. The molecule has 2 aromatic heterocycles. The molecule has 0 unspecified atom stereocenters. The van der Waals surface area contributed by atoms with Crippen LogP contribution < -0.4 is 5.32 Å². The van der Waals surface area contributed by atoms with E-state index in [1.165, 1.54) is 29.0 Å². The van der Waals surface area contributed by atoms with Crippen molar-refractivity contribution in [2.24, 2.45) is 0 Å². The van der Waals surface area contributed by atoms with Crippen molar-refractivity contribution >= 4 is 28.1 Å². The van der Waals surface area contributed by atoms with Crippen LogP contribution in [-0.4, -0.2) is 27.2 Å². The monoisotopic (exact) mass is 455 g/mol. The molecule has 0 aliphatic heterocycles. The summed E-state index contributed by atoms with van der Waals surface area (Å²) in [5, 5.41) is 19.0. The molecule has 0 spiro atoms. The molecule has 166 valence electrons. The van der Waals surface area contributed by atoms with Gasteiger partial charge in [0.05, 0.1) is 39.8 Å². The summed E-state index contributed by atoms with van der Waals surface area (Å²) in [6, 6.07) is 15.9. The van der Waals surface area contributed by atoms with Crippen molar-refractivity contribution in [3.63, 3.8) is 0 Å². The van der Waals surface area contributed by atoms with Crippen molar-refractivity contribution in [1.29, 1.82) is 5.26 Å². The van der Waals surface area contributed by atoms with Crippen LogP contribution in [0.15, 0.2) is 42.5 Å². The lowest BCUT2D eigenvalue weighted by molar-refractivity contribution is 0.0950. The van der Waals surface area contributed by atoms with Crippen LogP contribution in [0.3, 0.4) is 0 Å². The van der Waals surface area contributed by atoms with Crippen LogP contribution in [0.2, 0.25) is 0 Å². The first-order valence-corrected chi connectivity index (χ1v) is 12.1. The smallest absolute Gasteiger partial charge is 0.272 e. The second-order valence-corrected chi connectivity index (χ2v) is 9.66. The van der Waals surface area contributed by atoms with Crippen LogP contribution >= 0.6 is 11.3 Å². The van der Waals surface area contributed by atoms with Gasteiger partial charge in [-0.25, -0.2) is 4.98 Å². The number of aryl methyl sites for hydroxylation is 3. The van der Waals surface area contributed by atoms with Gasteiger partial charge in [0.1, 0.15) is 0 Å². The Morgan fingerprint density at radius 2 is 2.00 bits per heavy atom. The highest BCUT2D eigenvalue weighted by Gasteiger charge is 2.21. The van der Waals surface area contributed by atoms with Gasteiger partial charge in [0.2, 0.25) is 0 Å². The second-order valence-electron chi connectivity index (χ2n) is 8.49.